The highest BCUT2D eigenvalue weighted by Gasteiger charge is 2.15. The Morgan fingerprint density at radius 3 is 2.17 bits per heavy atom. The second-order valence-corrected chi connectivity index (χ2v) is 4.55. The second kappa shape index (κ2) is 5.87. The van der Waals surface area contributed by atoms with Gasteiger partial charge in [-0.05, 0) is 6.42 Å². The van der Waals surface area contributed by atoms with Gasteiger partial charge in [0.05, 0.1) is 0 Å². The summed E-state index contributed by atoms with van der Waals surface area (Å²) in [5, 5.41) is 0. The molecule has 0 aliphatic carbocycles. The van der Waals surface area contributed by atoms with E-state index in [1.807, 2.05) is 0 Å². The lowest BCUT2D eigenvalue weighted by Crippen LogP contribution is -2.38. The predicted molar refractivity (Wildman–Crippen MR) is 76.3 cm³/mol. The van der Waals surface area contributed by atoms with Gasteiger partial charge in [-0.1, -0.05) is 30.3 Å². The first kappa shape index (κ1) is 12.9. The molecule has 0 amide bonds. The number of nitrogens with zero attached hydrogens (tertiary/aromatic N) is 2. The molecule has 1 aliphatic heterocycles. The SMILES string of the molecule is Cl.c1ccc(C[n+]2ccc(N3CCC3)cc2)cc1. The quantitative estimate of drug-likeness (QED) is 0.771. The number of aromatic nitrogens is 1. The molecule has 1 aliphatic rings. The van der Waals surface area contributed by atoms with Crippen LogP contribution in [0.2, 0.25) is 0 Å². The van der Waals surface area contributed by atoms with E-state index in [4.69, 9.17) is 0 Å². The maximum Gasteiger partial charge on any atom is 0.173 e. The van der Waals surface area contributed by atoms with Gasteiger partial charge in [-0.2, -0.15) is 0 Å². The van der Waals surface area contributed by atoms with Gasteiger partial charge in [0, 0.05) is 36.5 Å². The Morgan fingerprint density at radius 1 is 0.944 bits per heavy atom. The summed E-state index contributed by atoms with van der Waals surface area (Å²) >= 11 is 0. The molecule has 0 bridgehead atoms. The molecule has 1 aromatic carbocycles. The summed E-state index contributed by atoms with van der Waals surface area (Å²) in [6.45, 7) is 3.37. The summed E-state index contributed by atoms with van der Waals surface area (Å²) in [7, 11) is 0. The first-order valence-corrected chi connectivity index (χ1v) is 6.20. The van der Waals surface area contributed by atoms with Crippen molar-refractivity contribution >= 4 is 18.1 Å². The van der Waals surface area contributed by atoms with Crippen LogP contribution in [-0.4, -0.2) is 13.1 Å². The number of anilines is 1. The molecule has 18 heavy (non-hydrogen) atoms. The van der Waals surface area contributed by atoms with Crippen molar-refractivity contribution in [3.63, 3.8) is 0 Å². The van der Waals surface area contributed by atoms with Gasteiger partial charge in [-0.3, -0.25) is 0 Å². The molecule has 1 saturated heterocycles. The van der Waals surface area contributed by atoms with Gasteiger partial charge in [0.2, 0.25) is 0 Å². The van der Waals surface area contributed by atoms with E-state index >= 15 is 0 Å². The van der Waals surface area contributed by atoms with Crippen molar-refractivity contribution in [1.29, 1.82) is 0 Å². The van der Waals surface area contributed by atoms with Crippen LogP contribution in [0, 0.1) is 0 Å². The van der Waals surface area contributed by atoms with E-state index in [0.717, 1.165) is 6.54 Å². The molecule has 0 radical (unpaired) electrons. The minimum atomic E-state index is 0. The van der Waals surface area contributed by atoms with Crippen LogP contribution >= 0.6 is 12.4 Å². The predicted octanol–water partition coefficient (Wildman–Crippen LogP) is 2.65. The molecular weight excluding hydrogens is 244 g/mol. The molecule has 2 aromatic rings. The summed E-state index contributed by atoms with van der Waals surface area (Å²) < 4.78 is 2.22. The minimum Gasteiger partial charge on any atom is -0.371 e. The van der Waals surface area contributed by atoms with E-state index < -0.39 is 0 Å². The number of benzene rings is 1. The Balaban J connectivity index is 0.00000120. The van der Waals surface area contributed by atoms with Crippen LogP contribution in [-0.2, 0) is 6.54 Å². The lowest BCUT2D eigenvalue weighted by atomic mass is 10.2. The third-order valence-electron chi connectivity index (χ3n) is 3.30. The van der Waals surface area contributed by atoms with Crippen molar-refractivity contribution in [3.8, 4) is 0 Å². The number of hydrogen-bond acceptors (Lipinski definition) is 1. The molecule has 0 spiro atoms. The summed E-state index contributed by atoms with van der Waals surface area (Å²) in [4.78, 5) is 2.41. The molecule has 2 nitrogen and oxygen atoms in total. The molecule has 94 valence electrons. The highest BCUT2D eigenvalue weighted by Crippen LogP contribution is 2.18. The Kier molecular flexibility index (Phi) is 4.21. The normalized spacial score (nSPS) is 13.7. The number of halogens is 1. The molecule has 1 aromatic heterocycles. The third-order valence-corrected chi connectivity index (χ3v) is 3.30. The third kappa shape index (κ3) is 2.82. The second-order valence-electron chi connectivity index (χ2n) is 4.55. The van der Waals surface area contributed by atoms with Gasteiger partial charge in [0.25, 0.3) is 0 Å². The van der Waals surface area contributed by atoms with Gasteiger partial charge in [0.1, 0.15) is 0 Å². The summed E-state index contributed by atoms with van der Waals surface area (Å²) in [5.74, 6) is 0. The number of pyridine rings is 1. The summed E-state index contributed by atoms with van der Waals surface area (Å²) in [6, 6.07) is 15.0. The zero-order chi connectivity index (χ0) is 11.5. The zero-order valence-electron chi connectivity index (χ0n) is 10.3. The highest BCUT2D eigenvalue weighted by atomic mass is 35.5. The van der Waals surface area contributed by atoms with Crippen molar-refractivity contribution in [3.05, 3.63) is 60.4 Å². The van der Waals surface area contributed by atoms with Crippen molar-refractivity contribution in [2.24, 2.45) is 0 Å². The molecule has 0 N–H and O–H groups in total. The smallest absolute Gasteiger partial charge is 0.173 e. The van der Waals surface area contributed by atoms with Crippen molar-refractivity contribution in [2.45, 2.75) is 13.0 Å². The molecule has 0 atom stereocenters. The lowest BCUT2D eigenvalue weighted by molar-refractivity contribution is -0.688. The van der Waals surface area contributed by atoms with Crippen LogP contribution < -0.4 is 9.47 Å². The first-order valence-electron chi connectivity index (χ1n) is 6.20. The Morgan fingerprint density at radius 2 is 1.61 bits per heavy atom. The average molecular weight is 262 g/mol. The standard InChI is InChI=1S/C15H17N2.ClH/c1-2-5-14(6-3-1)13-16-11-7-15(8-12-16)17-9-4-10-17;/h1-3,5-8,11-12H,4,9-10,13H2;1H/q+1;. The topological polar surface area (TPSA) is 7.12 Å². The maximum absolute atomic E-state index is 2.41. The fourth-order valence-corrected chi connectivity index (χ4v) is 2.13. The van der Waals surface area contributed by atoms with E-state index in [1.165, 1.54) is 30.8 Å². The molecule has 3 rings (SSSR count). The molecule has 0 unspecified atom stereocenters. The molecule has 0 saturated carbocycles. The van der Waals surface area contributed by atoms with Crippen LogP contribution in [0.5, 0.6) is 0 Å². The van der Waals surface area contributed by atoms with Crippen molar-refractivity contribution in [2.75, 3.05) is 18.0 Å². The van der Waals surface area contributed by atoms with Gasteiger partial charge in [-0.25, -0.2) is 4.57 Å². The van der Waals surface area contributed by atoms with Crippen LogP contribution in [0.15, 0.2) is 54.9 Å². The van der Waals surface area contributed by atoms with E-state index in [2.05, 4.69) is 64.3 Å². The van der Waals surface area contributed by atoms with Crippen molar-refractivity contribution < 1.29 is 4.57 Å². The van der Waals surface area contributed by atoms with Crippen LogP contribution in [0.3, 0.4) is 0 Å². The van der Waals surface area contributed by atoms with Crippen LogP contribution in [0.4, 0.5) is 5.69 Å². The summed E-state index contributed by atoms with van der Waals surface area (Å²) in [5.41, 5.74) is 2.69. The largest absolute Gasteiger partial charge is 0.371 e. The van der Waals surface area contributed by atoms with Crippen LogP contribution in [0.1, 0.15) is 12.0 Å². The monoisotopic (exact) mass is 261 g/mol. The Hall–Kier alpha value is -1.54. The highest BCUT2D eigenvalue weighted by molar-refractivity contribution is 5.85. The first-order chi connectivity index (χ1) is 8.42. The summed E-state index contributed by atoms with van der Waals surface area (Å²) in [6.07, 6.45) is 5.67. The number of hydrogen-bond donors (Lipinski definition) is 0. The van der Waals surface area contributed by atoms with E-state index in [-0.39, 0.29) is 12.4 Å². The van der Waals surface area contributed by atoms with E-state index in [0.29, 0.717) is 0 Å². The van der Waals surface area contributed by atoms with Gasteiger partial charge >= 0.3 is 0 Å². The fourth-order valence-electron chi connectivity index (χ4n) is 2.13. The van der Waals surface area contributed by atoms with Gasteiger partial charge in [0.15, 0.2) is 18.9 Å². The maximum atomic E-state index is 2.41. The van der Waals surface area contributed by atoms with E-state index in [1.54, 1.807) is 0 Å². The molecule has 1 fully saturated rings. The van der Waals surface area contributed by atoms with E-state index in [9.17, 15) is 0 Å². The Bertz CT molecular complexity index is 478. The minimum absolute atomic E-state index is 0. The molecule has 2 heterocycles. The van der Waals surface area contributed by atoms with Crippen LogP contribution in [0.25, 0.3) is 0 Å². The number of rotatable bonds is 3. The van der Waals surface area contributed by atoms with Gasteiger partial charge in [-0.15, -0.1) is 12.4 Å². The Labute approximate surface area is 114 Å². The zero-order valence-corrected chi connectivity index (χ0v) is 11.1. The average Bonchev–Trinajstić information content (AvgIpc) is 2.31. The fraction of sp³-hybridized carbons (Fsp3) is 0.267. The molecular formula is C15H18ClN2+. The van der Waals surface area contributed by atoms with Crippen molar-refractivity contribution in [1.82, 2.24) is 0 Å². The van der Waals surface area contributed by atoms with Gasteiger partial charge < -0.3 is 4.90 Å². The molecule has 3 heteroatoms. The lowest BCUT2D eigenvalue weighted by Gasteiger charge is -2.32.